The molecule has 35 atom stereocenters. The number of fused-ring (bicyclic) bond motifs is 7. The molecule has 566 valence electrons. The number of hydrogen-bond donors (Lipinski definition) is 16. The van der Waals surface area contributed by atoms with Crippen molar-refractivity contribution in [1.82, 2.24) is 0 Å². The minimum Gasteiger partial charge on any atom is -0.454 e. The highest BCUT2D eigenvalue weighted by Crippen LogP contribution is 2.76. The van der Waals surface area contributed by atoms with E-state index in [0.29, 0.717) is 32.1 Å². The first-order chi connectivity index (χ1) is 46.4. The van der Waals surface area contributed by atoms with Crippen LogP contribution < -0.4 is 0 Å². The Kier molecular flexibility index (Phi) is 23.7. The second-order valence-corrected chi connectivity index (χ2v) is 31.6. The molecule has 16 N–H and O–H groups in total. The Morgan fingerprint density at radius 3 is 1.63 bits per heavy atom. The third-order valence-corrected chi connectivity index (χ3v) is 25.4. The molecule has 5 aliphatic heterocycles. The number of aliphatic hydroxyl groups excluding tert-OH is 16. The first kappa shape index (κ1) is 78.7. The Morgan fingerprint density at radius 2 is 1.05 bits per heavy atom. The lowest BCUT2D eigenvalue weighted by Gasteiger charge is -2.72. The first-order valence-electron chi connectivity index (χ1n) is 34.9. The van der Waals surface area contributed by atoms with Gasteiger partial charge in [0.1, 0.15) is 116 Å². The van der Waals surface area contributed by atoms with Crippen LogP contribution in [-0.2, 0) is 66.4 Å². The molecule has 0 unspecified atom stereocenters. The van der Waals surface area contributed by atoms with E-state index in [0.717, 1.165) is 5.57 Å². The summed E-state index contributed by atoms with van der Waals surface area (Å²) in [5.74, 6) is -2.26. The van der Waals surface area contributed by atoms with Crippen molar-refractivity contribution in [2.45, 2.75) is 300 Å². The minimum absolute atomic E-state index is 0.0623. The Balaban J connectivity index is 0.978. The highest BCUT2D eigenvalue weighted by atomic mass is 16.8. The molecule has 0 amide bonds. The summed E-state index contributed by atoms with van der Waals surface area (Å²) >= 11 is 0. The van der Waals surface area contributed by atoms with Gasteiger partial charge >= 0.3 is 11.9 Å². The van der Waals surface area contributed by atoms with Gasteiger partial charge in [0.05, 0.1) is 56.8 Å². The Labute approximate surface area is 576 Å². The molecule has 10 rings (SSSR count). The highest BCUT2D eigenvalue weighted by Gasteiger charge is 2.74. The van der Waals surface area contributed by atoms with E-state index in [2.05, 4.69) is 40.7 Å². The summed E-state index contributed by atoms with van der Waals surface area (Å²) in [6.07, 6.45) is -37.2. The van der Waals surface area contributed by atoms with Crippen LogP contribution in [0.5, 0.6) is 0 Å². The summed E-state index contributed by atoms with van der Waals surface area (Å²) in [6.45, 7) is 19.3. The molecule has 5 aliphatic carbocycles. The standard InChI is InChI=1S/C69H110O30/c1-13-28(3)57(86)98-55-56(99-58(87)29(4)14-2)69(27-89-59-50(83)47(80)42(75)33(23-70)91-59)32(21-64(55,6)7)31-15-16-38-66(10)19-18-40(65(8,9)37(66)17-20-67(38,11)68(31,12)22-39(69)73)95-62-53(45(78)36(26-88-62)94-61-52(85)48(81)43(76)34(24-71)92-61)97-63-54(49(82)44(77)35(25-72)93-63)96-60-51(84)46(79)41(74)30(5)90-60/h13-15,30,32-56,59-63,70-85H,16-27H2,1-12H3/b28-13-,29-14-/t30-,32-,33+,34+,35+,36-,37-,38+,39+,40-,41-,42+,43+,44+,45-,46+,47-,48-,49-,50+,51+,52+,53+,54+,55-,56-,59+,60-,61-,62-,63-,66-,67+,68+,69-/m0/s1. The van der Waals surface area contributed by atoms with Crippen molar-refractivity contribution < 1.29 is 148 Å². The number of allylic oxidation sites excluding steroid dienone is 4. The molecule has 0 radical (unpaired) electrons. The number of carbonyl (C=O) groups is 2. The van der Waals surface area contributed by atoms with Gasteiger partial charge in [-0.15, -0.1) is 0 Å². The average molecular weight is 1420 g/mol. The van der Waals surface area contributed by atoms with E-state index in [9.17, 15) is 91.3 Å². The van der Waals surface area contributed by atoms with Crippen LogP contribution in [-0.4, -0.2) is 299 Å². The quantitative estimate of drug-likeness (QED) is 0.0302. The zero-order valence-electron chi connectivity index (χ0n) is 58.5. The van der Waals surface area contributed by atoms with E-state index in [1.807, 2.05) is 13.8 Å². The number of carbonyl (C=O) groups excluding carboxylic acids is 2. The molecule has 30 nitrogen and oxygen atoms in total. The molecule has 0 spiro atoms. The van der Waals surface area contributed by atoms with Gasteiger partial charge in [-0.3, -0.25) is 0 Å². The minimum atomic E-state index is -1.98. The SMILES string of the molecule is C/C=C(/C)C(=O)O[C@H]1[C@H](OC(=O)/C(C)=C\C)[C@]2(CO[C@@H]3O[C@H](CO)[C@@H](O)[C@H](O)[C@H]3O)[C@H](O)C[C@]3(C)C(=CC[C@@H]4[C@@]5(C)CC[C@H](O[C@@H]6OC[C@H](O[C@@H]7O[C@H](CO)[C@@H](O)[C@H](O)[C@H]7O)[C@H](O)[C@H]6O[C@@H]6O[C@H](CO)[C@@H](O)[C@H](O)[C@H]6O[C@@H]6O[C@@H](C)[C@H](O)[C@@H](O)[C@H]6O)C(C)(C)[C@@H]5CC[C@]43C)[C@@H]2CC1(C)C. The van der Waals surface area contributed by atoms with E-state index in [-0.39, 0.29) is 35.8 Å². The summed E-state index contributed by atoms with van der Waals surface area (Å²) in [5.41, 5.74) is -3.68. The lowest BCUT2D eigenvalue weighted by atomic mass is 9.33. The molecule has 10 aliphatic rings. The van der Waals surface area contributed by atoms with Gasteiger partial charge in [0.25, 0.3) is 0 Å². The van der Waals surface area contributed by atoms with Crippen molar-refractivity contribution in [1.29, 1.82) is 0 Å². The van der Waals surface area contributed by atoms with Crippen molar-refractivity contribution in [2.24, 2.45) is 50.2 Å². The molecular weight excluding hydrogens is 1310 g/mol. The Bertz CT molecular complexity index is 2910. The fourth-order valence-electron chi connectivity index (χ4n) is 18.9. The summed E-state index contributed by atoms with van der Waals surface area (Å²) in [7, 11) is 0. The fraction of sp³-hybridized carbons (Fsp3) is 0.884. The van der Waals surface area contributed by atoms with Gasteiger partial charge in [0.15, 0.2) is 37.6 Å². The van der Waals surface area contributed by atoms with Gasteiger partial charge in [-0.2, -0.15) is 0 Å². The highest BCUT2D eigenvalue weighted by molar-refractivity contribution is 5.89. The molecule has 30 heteroatoms. The molecule has 0 aromatic carbocycles. The Morgan fingerprint density at radius 1 is 0.545 bits per heavy atom. The second kappa shape index (κ2) is 29.8. The summed E-state index contributed by atoms with van der Waals surface area (Å²) in [4.78, 5) is 28.4. The zero-order valence-corrected chi connectivity index (χ0v) is 58.5. The van der Waals surface area contributed by atoms with Crippen LogP contribution in [0.25, 0.3) is 0 Å². The molecule has 5 saturated heterocycles. The number of ether oxygens (including phenoxy) is 12. The van der Waals surface area contributed by atoms with Gasteiger partial charge in [0, 0.05) is 16.6 Å². The largest absolute Gasteiger partial charge is 0.454 e. The average Bonchev–Trinajstić information content (AvgIpc) is 0.668. The second-order valence-electron chi connectivity index (χ2n) is 31.6. The summed E-state index contributed by atoms with van der Waals surface area (Å²) in [6, 6.07) is 0. The zero-order chi connectivity index (χ0) is 72.9. The molecule has 0 bridgehead atoms. The van der Waals surface area contributed by atoms with Crippen LogP contribution >= 0.6 is 0 Å². The third kappa shape index (κ3) is 13.6. The molecule has 5 heterocycles. The number of esters is 2. The maximum atomic E-state index is 14.4. The van der Waals surface area contributed by atoms with Crippen LogP contribution in [0.4, 0.5) is 0 Å². The predicted molar refractivity (Wildman–Crippen MR) is 339 cm³/mol. The number of hydrogen-bond acceptors (Lipinski definition) is 30. The van der Waals surface area contributed by atoms with Crippen molar-refractivity contribution >= 4 is 11.9 Å². The van der Waals surface area contributed by atoms with Gasteiger partial charge in [-0.25, -0.2) is 9.59 Å². The van der Waals surface area contributed by atoms with Crippen molar-refractivity contribution in [3.63, 3.8) is 0 Å². The maximum Gasteiger partial charge on any atom is 0.333 e. The molecule has 9 fully saturated rings. The van der Waals surface area contributed by atoms with Crippen molar-refractivity contribution in [2.75, 3.05) is 33.0 Å². The van der Waals surface area contributed by atoms with E-state index in [1.54, 1.807) is 39.8 Å². The smallest absolute Gasteiger partial charge is 0.333 e. The predicted octanol–water partition coefficient (Wildman–Crippen LogP) is -2.12. The fourth-order valence-corrected chi connectivity index (χ4v) is 18.9. The van der Waals surface area contributed by atoms with Crippen LogP contribution in [0.3, 0.4) is 0 Å². The van der Waals surface area contributed by atoms with Crippen LogP contribution in [0, 0.1) is 50.2 Å². The van der Waals surface area contributed by atoms with Crippen molar-refractivity contribution in [3.05, 3.63) is 34.9 Å². The van der Waals surface area contributed by atoms with Gasteiger partial charge in [-0.05, 0) is 119 Å². The first-order valence-corrected chi connectivity index (χ1v) is 34.9. The monoisotopic (exact) mass is 1420 g/mol. The van der Waals surface area contributed by atoms with Gasteiger partial charge in [0.2, 0.25) is 0 Å². The molecule has 99 heavy (non-hydrogen) atoms. The third-order valence-electron chi connectivity index (χ3n) is 25.4. The van der Waals surface area contributed by atoms with E-state index in [4.69, 9.17) is 56.8 Å². The topological polar surface area (TPSA) is 469 Å². The molecule has 0 aromatic rings. The number of aliphatic hydroxyl groups is 16. The molecule has 0 aromatic heterocycles. The number of rotatable bonds is 18. The van der Waals surface area contributed by atoms with Gasteiger partial charge < -0.3 is 139 Å². The van der Waals surface area contributed by atoms with E-state index >= 15 is 0 Å². The lowest BCUT2D eigenvalue weighted by Crippen LogP contribution is -2.73. The summed E-state index contributed by atoms with van der Waals surface area (Å²) in [5, 5.41) is 178. The lowest BCUT2D eigenvalue weighted by molar-refractivity contribution is -0.398. The van der Waals surface area contributed by atoms with E-state index in [1.165, 1.54) is 6.92 Å². The van der Waals surface area contributed by atoms with Crippen LogP contribution in [0.15, 0.2) is 34.9 Å². The molecular formula is C69H110O30. The summed E-state index contributed by atoms with van der Waals surface area (Å²) < 4.78 is 75.1. The molecule has 4 saturated carbocycles. The van der Waals surface area contributed by atoms with Crippen molar-refractivity contribution in [3.8, 4) is 0 Å². The van der Waals surface area contributed by atoms with E-state index < -0.39 is 255 Å². The Hall–Kier alpha value is -2.88. The normalized spacial score (nSPS) is 50.7. The maximum absolute atomic E-state index is 14.4. The van der Waals surface area contributed by atoms with Crippen LogP contribution in [0.2, 0.25) is 0 Å². The van der Waals surface area contributed by atoms with Crippen LogP contribution in [0.1, 0.15) is 128 Å². The van der Waals surface area contributed by atoms with Gasteiger partial charge in [-0.1, -0.05) is 72.3 Å².